The maximum Gasteiger partial charge on any atom is 0.276 e. The summed E-state index contributed by atoms with van der Waals surface area (Å²) in [5.41, 5.74) is 1.64. The first kappa shape index (κ1) is 16.8. The van der Waals surface area contributed by atoms with Gasteiger partial charge in [0.2, 0.25) is 5.88 Å². The number of amides is 1. The van der Waals surface area contributed by atoms with E-state index in [-0.39, 0.29) is 17.7 Å². The summed E-state index contributed by atoms with van der Waals surface area (Å²) in [5, 5.41) is 12.9. The Labute approximate surface area is 155 Å². The average molecular weight is 360 g/mol. The van der Waals surface area contributed by atoms with Gasteiger partial charge in [-0.15, -0.1) is 0 Å². The van der Waals surface area contributed by atoms with Crippen molar-refractivity contribution in [3.8, 4) is 23.3 Å². The summed E-state index contributed by atoms with van der Waals surface area (Å²) in [6.07, 6.45) is 2.05. The molecule has 4 rings (SSSR count). The summed E-state index contributed by atoms with van der Waals surface area (Å²) in [7, 11) is 0. The van der Waals surface area contributed by atoms with Crippen molar-refractivity contribution in [3.05, 3.63) is 66.0 Å². The van der Waals surface area contributed by atoms with Crippen LogP contribution in [0.2, 0.25) is 0 Å². The van der Waals surface area contributed by atoms with Crippen LogP contribution in [0.25, 0.3) is 11.3 Å². The van der Waals surface area contributed by atoms with Crippen LogP contribution < -0.4 is 4.74 Å². The van der Waals surface area contributed by atoms with Gasteiger partial charge in [-0.05, 0) is 6.07 Å². The molecule has 0 radical (unpaired) electrons. The van der Waals surface area contributed by atoms with E-state index in [2.05, 4.69) is 16.2 Å². The molecule has 3 aromatic rings. The lowest BCUT2D eigenvalue weighted by Crippen LogP contribution is -2.31. The van der Waals surface area contributed by atoms with Crippen LogP contribution >= 0.6 is 0 Å². The Kier molecular flexibility index (Phi) is 4.54. The normalized spacial score (nSPS) is 16.1. The van der Waals surface area contributed by atoms with E-state index >= 15 is 0 Å². The van der Waals surface area contributed by atoms with Gasteiger partial charge >= 0.3 is 0 Å². The van der Waals surface area contributed by atoms with E-state index < -0.39 is 0 Å². The molecule has 0 saturated carbocycles. The molecule has 1 aliphatic rings. The number of ether oxygens (including phenoxy) is 1. The van der Waals surface area contributed by atoms with Gasteiger partial charge in [0, 0.05) is 36.9 Å². The summed E-state index contributed by atoms with van der Waals surface area (Å²) >= 11 is 0. The molecule has 0 aliphatic carbocycles. The second kappa shape index (κ2) is 7.30. The Morgan fingerprint density at radius 1 is 1.26 bits per heavy atom. The van der Waals surface area contributed by atoms with E-state index in [4.69, 9.17) is 14.5 Å². The van der Waals surface area contributed by atoms with Crippen LogP contribution in [0, 0.1) is 11.3 Å². The van der Waals surface area contributed by atoms with E-state index in [1.807, 2.05) is 30.3 Å². The highest BCUT2D eigenvalue weighted by atomic mass is 16.5. The third-order valence-electron chi connectivity index (χ3n) is 4.37. The predicted molar refractivity (Wildman–Crippen MR) is 95.8 cm³/mol. The molecular weight excluding hydrogens is 344 g/mol. The number of hydrogen-bond acceptors (Lipinski definition) is 6. The fourth-order valence-corrected chi connectivity index (χ4v) is 3.00. The van der Waals surface area contributed by atoms with Crippen molar-refractivity contribution in [3.63, 3.8) is 0 Å². The van der Waals surface area contributed by atoms with E-state index in [1.165, 1.54) is 6.20 Å². The number of benzene rings is 1. The number of nitriles is 1. The van der Waals surface area contributed by atoms with Crippen molar-refractivity contribution in [2.24, 2.45) is 0 Å². The number of aromatic nitrogens is 2. The summed E-state index contributed by atoms with van der Waals surface area (Å²) in [5.74, 6) is 0.760. The van der Waals surface area contributed by atoms with E-state index in [0.717, 1.165) is 5.56 Å². The summed E-state index contributed by atoms with van der Waals surface area (Å²) in [6.45, 7) is 1.000. The van der Waals surface area contributed by atoms with Gasteiger partial charge < -0.3 is 14.2 Å². The second-order valence-electron chi connectivity index (χ2n) is 6.22. The molecule has 1 amide bonds. The number of pyridine rings is 1. The molecule has 1 fully saturated rings. The molecule has 1 aliphatic heterocycles. The lowest BCUT2D eigenvalue weighted by molar-refractivity contribution is 0.0761. The maximum atomic E-state index is 12.7. The minimum atomic E-state index is -0.189. The molecule has 0 N–H and O–H groups in total. The van der Waals surface area contributed by atoms with Gasteiger partial charge in [0.05, 0.1) is 18.2 Å². The molecule has 0 bridgehead atoms. The lowest BCUT2D eigenvalue weighted by Gasteiger charge is -2.15. The van der Waals surface area contributed by atoms with E-state index in [9.17, 15) is 4.79 Å². The topological polar surface area (TPSA) is 92.2 Å². The first-order valence-electron chi connectivity index (χ1n) is 8.57. The Hall–Kier alpha value is -3.66. The van der Waals surface area contributed by atoms with Crippen LogP contribution in [0.5, 0.6) is 5.88 Å². The maximum absolute atomic E-state index is 12.7. The predicted octanol–water partition coefficient (Wildman–Crippen LogP) is 2.90. The van der Waals surface area contributed by atoms with Crippen LogP contribution in [-0.2, 0) is 0 Å². The Bertz CT molecular complexity index is 994. The number of nitrogens with zero attached hydrogens (tertiary/aromatic N) is 4. The van der Waals surface area contributed by atoms with Crippen LogP contribution in [0.3, 0.4) is 0 Å². The summed E-state index contributed by atoms with van der Waals surface area (Å²) in [4.78, 5) is 18.5. The van der Waals surface area contributed by atoms with Crippen molar-refractivity contribution in [2.75, 3.05) is 13.1 Å². The molecule has 27 heavy (non-hydrogen) atoms. The van der Waals surface area contributed by atoms with Crippen molar-refractivity contribution < 1.29 is 14.1 Å². The number of carbonyl (C=O) groups excluding carboxylic acids is 1. The Balaban J connectivity index is 1.41. The first-order chi connectivity index (χ1) is 13.2. The van der Waals surface area contributed by atoms with E-state index in [1.54, 1.807) is 23.1 Å². The molecule has 1 saturated heterocycles. The third-order valence-corrected chi connectivity index (χ3v) is 4.37. The molecule has 1 unspecified atom stereocenters. The van der Waals surface area contributed by atoms with Crippen LogP contribution in [0.4, 0.5) is 0 Å². The molecule has 7 heteroatoms. The summed E-state index contributed by atoms with van der Waals surface area (Å²) in [6, 6.07) is 16.4. The minimum absolute atomic E-state index is 0.170. The standard InChI is InChI=1S/C20H16N4O3/c21-12-14-6-8-22-19(10-14)26-16-7-9-24(13-16)20(25)17-11-18(27-23-17)15-4-2-1-3-5-15/h1-6,8,10-11,16H,7,9,13H2. The quantitative estimate of drug-likeness (QED) is 0.710. The van der Waals surface area contributed by atoms with Gasteiger partial charge in [0.1, 0.15) is 6.10 Å². The molecule has 1 aromatic carbocycles. The van der Waals surface area contributed by atoms with Gasteiger partial charge in [-0.25, -0.2) is 4.98 Å². The van der Waals surface area contributed by atoms with Gasteiger partial charge in [0.25, 0.3) is 5.91 Å². The number of rotatable bonds is 4. The molecule has 0 spiro atoms. The zero-order chi connectivity index (χ0) is 18.6. The van der Waals surface area contributed by atoms with Gasteiger partial charge in [-0.1, -0.05) is 35.5 Å². The lowest BCUT2D eigenvalue weighted by atomic mass is 10.1. The van der Waals surface area contributed by atoms with Crippen LogP contribution in [-0.4, -0.2) is 40.1 Å². The highest BCUT2D eigenvalue weighted by Gasteiger charge is 2.30. The zero-order valence-electron chi connectivity index (χ0n) is 14.4. The highest BCUT2D eigenvalue weighted by Crippen LogP contribution is 2.23. The van der Waals surface area contributed by atoms with Gasteiger partial charge in [-0.3, -0.25) is 4.79 Å². The third kappa shape index (κ3) is 3.65. The van der Waals surface area contributed by atoms with Crippen molar-refractivity contribution in [2.45, 2.75) is 12.5 Å². The van der Waals surface area contributed by atoms with Gasteiger partial charge in [0.15, 0.2) is 11.5 Å². The molecule has 7 nitrogen and oxygen atoms in total. The Morgan fingerprint density at radius 3 is 2.93 bits per heavy atom. The molecule has 1 atom stereocenters. The number of carbonyl (C=O) groups is 1. The molecular formula is C20H16N4O3. The van der Waals surface area contributed by atoms with E-state index in [0.29, 0.717) is 36.7 Å². The molecule has 2 aromatic heterocycles. The molecule has 3 heterocycles. The Morgan fingerprint density at radius 2 is 2.11 bits per heavy atom. The fourth-order valence-electron chi connectivity index (χ4n) is 3.00. The SMILES string of the molecule is N#Cc1ccnc(OC2CCN(C(=O)c3cc(-c4ccccc4)on3)C2)c1. The van der Waals surface area contributed by atoms with Crippen molar-refractivity contribution >= 4 is 5.91 Å². The van der Waals surface area contributed by atoms with Gasteiger partial charge in [-0.2, -0.15) is 5.26 Å². The van der Waals surface area contributed by atoms with Crippen LogP contribution in [0.1, 0.15) is 22.5 Å². The smallest absolute Gasteiger partial charge is 0.276 e. The van der Waals surface area contributed by atoms with Crippen molar-refractivity contribution in [1.82, 2.24) is 15.0 Å². The number of likely N-dealkylation sites (tertiary alicyclic amines) is 1. The monoisotopic (exact) mass is 360 g/mol. The zero-order valence-corrected chi connectivity index (χ0v) is 14.4. The number of hydrogen-bond donors (Lipinski definition) is 0. The van der Waals surface area contributed by atoms with Crippen molar-refractivity contribution in [1.29, 1.82) is 5.26 Å². The van der Waals surface area contributed by atoms with Crippen LogP contribution in [0.15, 0.2) is 59.3 Å². The summed E-state index contributed by atoms with van der Waals surface area (Å²) < 4.78 is 11.1. The fraction of sp³-hybridized carbons (Fsp3) is 0.200. The average Bonchev–Trinajstić information content (AvgIpc) is 3.38. The molecule has 134 valence electrons. The first-order valence-corrected chi connectivity index (χ1v) is 8.57. The largest absolute Gasteiger partial charge is 0.472 e. The minimum Gasteiger partial charge on any atom is -0.472 e. The second-order valence-corrected chi connectivity index (χ2v) is 6.22. The highest BCUT2D eigenvalue weighted by molar-refractivity contribution is 5.93.